The minimum absolute atomic E-state index is 0.0196. The van der Waals surface area contributed by atoms with Gasteiger partial charge in [0.1, 0.15) is 6.04 Å². The Morgan fingerprint density at radius 1 is 1.11 bits per heavy atom. The number of carboxylic acid groups (broad SMARTS) is 1. The number of aromatic nitrogens is 1. The average molecular weight is 366 g/mol. The molecule has 4 aliphatic rings. The van der Waals surface area contributed by atoms with Gasteiger partial charge in [-0.3, -0.25) is 4.79 Å². The topological polar surface area (TPSA) is 82.2 Å². The van der Waals surface area contributed by atoms with Crippen molar-refractivity contribution in [2.75, 3.05) is 0 Å². The van der Waals surface area contributed by atoms with Crippen molar-refractivity contribution in [1.82, 2.24) is 10.3 Å². The minimum Gasteiger partial charge on any atom is -0.480 e. The molecule has 4 bridgehead atoms. The van der Waals surface area contributed by atoms with Gasteiger partial charge in [-0.25, -0.2) is 4.79 Å². The molecule has 0 saturated heterocycles. The quantitative estimate of drug-likeness (QED) is 0.757. The van der Waals surface area contributed by atoms with E-state index in [1.54, 1.807) is 0 Å². The fourth-order valence-electron chi connectivity index (χ4n) is 6.42. The lowest BCUT2D eigenvalue weighted by atomic mass is 9.49. The molecule has 1 aromatic heterocycles. The van der Waals surface area contributed by atoms with Crippen molar-refractivity contribution in [3.05, 3.63) is 36.0 Å². The number of fused-ring (bicyclic) bond motifs is 1. The molecule has 142 valence electrons. The summed E-state index contributed by atoms with van der Waals surface area (Å²) in [5, 5.41) is 13.7. The van der Waals surface area contributed by atoms with Crippen molar-refractivity contribution in [1.29, 1.82) is 0 Å². The first-order chi connectivity index (χ1) is 13.0. The number of para-hydroxylation sites is 1. The monoisotopic (exact) mass is 366 g/mol. The maximum absolute atomic E-state index is 13.2. The maximum atomic E-state index is 13.2. The number of aromatic amines is 1. The van der Waals surface area contributed by atoms with Gasteiger partial charge in [0, 0.05) is 28.9 Å². The Balaban J connectivity index is 1.36. The average Bonchev–Trinajstić information content (AvgIpc) is 3.03. The van der Waals surface area contributed by atoms with Gasteiger partial charge in [-0.1, -0.05) is 18.2 Å². The number of benzene rings is 1. The first-order valence-electron chi connectivity index (χ1n) is 10.1. The van der Waals surface area contributed by atoms with Crippen LogP contribution in [0.15, 0.2) is 30.5 Å². The Bertz CT molecular complexity index is 865. The standard InChI is InChI=1S/C22H26N2O3/c25-20(26)19(8-16-12-23-18-4-2-1-3-17(16)18)24-21(27)22-9-13-5-14(10-22)7-15(6-13)11-22/h1-4,12-15,19,23H,5-11H2,(H,24,27)(H,25,26)/t13?,14?,15?,19-,22?/m0/s1. The number of carboxylic acids is 1. The zero-order chi connectivity index (χ0) is 18.6. The molecule has 1 atom stereocenters. The van der Waals surface area contributed by atoms with E-state index in [1.807, 2.05) is 30.5 Å². The molecule has 4 saturated carbocycles. The van der Waals surface area contributed by atoms with Gasteiger partial charge in [-0.15, -0.1) is 0 Å². The Kier molecular flexibility index (Phi) is 3.81. The van der Waals surface area contributed by atoms with Gasteiger partial charge in [0.05, 0.1) is 0 Å². The second kappa shape index (κ2) is 6.11. The van der Waals surface area contributed by atoms with Crippen LogP contribution in [0.2, 0.25) is 0 Å². The third-order valence-corrected chi connectivity index (χ3v) is 7.22. The zero-order valence-electron chi connectivity index (χ0n) is 15.4. The van der Waals surface area contributed by atoms with Crippen LogP contribution in [0.4, 0.5) is 0 Å². The number of rotatable bonds is 5. The summed E-state index contributed by atoms with van der Waals surface area (Å²) in [7, 11) is 0. The number of amides is 1. The highest BCUT2D eigenvalue weighted by molar-refractivity contribution is 5.89. The van der Waals surface area contributed by atoms with Crippen molar-refractivity contribution in [3.63, 3.8) is 0 Å². The molecule has 0 unspecified atom stereocenters. The van der Waals surface area contributed by atoms with Crippen LogP contribution in [-0.2, 0) is 16.0 Å². The predicted octanol–water partition coefficient (Wildman–Crippen LogP) is 3.50. The molecular weight excluding hydrogens is 340 g/mol. The fourth-order valence-corrected chi connectivity index (χ4v) is 6.42. The summed E-state index contributed by atoms with van der Waals surface area (Å²) in [6, 6.07) is 6.98. The number of hydrogen-bond donors (Lipinski definition) is 3. The summed E-state index contributed by atoms with van der Waals surface area (Å²) in [6.07, 6.45) is 8.81. The summed E-state index contributed by atoms with van der Waals surface area (Å²) in [6.45, 7) is 0. The second-order valence-corrected chi connectivity index (χ2v) is 9.13. The molecular formula is C22H26N2O3. The van der Waals surface area contributed by atoms with E-state index in [0.717, 1.165) is 35.7 Å². The Hall–Kier alpha value is -2.30. The number of H-pyrrole nitrogens is 1. The molecule has 0 radical (unpaired) electrons. The highest BCUT2D eigenvalue weighted by atomic mass is 16.4. The molecule has 1 amide bonds. The molecule has 0 aliphatic heterocycles. The molecule has 1 aromatic carbocycles. The third-order valence-electron chi connectivity index (χ3n) is 7.22. The van der Waals surface area contributed by atoms with E-state index in [-0.39, 0.29) is 11.3 Å². The molecule has 1 heterocycles. The summed E-state index contributed by atoms with van der Waals surface area (Å²) >= 11 is 0. The molecule has 0 spiro atoms. The number of aliphatic carboxylic acids is 1. The summed E-state index contributed by atoms with van der Waals surface area (Å²) in [5.41, 5.74) is 1.61. The zero-order valence-corrected chi connectivity index (χ0v) is 15.4. The van der Waals surface area contributed by atoms with E-state index < -0.39 is 12.0 Å². The molecule has 6 rings (SSSR count). The fraction of sp³-hybridized carbons (Fsp3) is 0.545. The lowest BCUT2D eigenvalue weighted by molar-refractivity contribution is -0.151. The number of carbonyl (C=O) groups excluding carboxylic acids is 1. The Morgan fingerprint density at radius 2 is 1.74 bits per heavy atom. The molecule has 5 nitrogen and oxygen atoms in total. The van der Waals surface area contributed by atoms with Crippen LogP contribution in [0.5, 0.6) is 0 Å². The van der Waals surface area contributed by atoms with Crippen molar-refractivity contribution in [2.24, 2.45) is 23.2 Å². The smallest absolute Gasteiger partial charge is 0.326 e. The number of carbonyl (C=O) groups is 2. The van der Waals surface area contributed by atoms with E-state index >= 15 is 0 Å². The molecule has 4 fully saturated rings. The summed E-state index contributed by atoms with van der Waals surface area (Å²) in [4.78, 5) is 28.3. The van der Waals surface area contributed by atoms with Crippen molar-refractivity contribution in [2.45, 2.75) is 51.0 Å². The second-order valence-electron chi connectivity index (χ2n) is 9.13. The summed E-state index contributed by atoms with van der Waals surface area (Å²) < 4.78 is 0. The number of hydrogen-bond acceptors (Lipinski definition) is 2. The number of nitrogens with one attached hydrogen (secondary N) is 2. The SMILES string of the molecule is O=C(O)[C@H](Cc1c[nH]c2ccccc12)NC(=O)C12CC3CC(CC(C3)C1)C2. The van der Waals surface area contributed by atoms with Gasteiger partial charge in [-0.2, -0.15) is 0 Å². The van der Waals surface area contributed by atoms with Crippen LogP contribution in [0, 0.1) is 23.2 Å². The van der Waals surface area contributed by atoms with Crippen LogP contribution >= 0.6 is 0 Å². The lowest BCUT2D eigenvalue weighted by Crippen LogP contribution is -2.56. The highest BCUT2D eigenvalue weighted by Crippen LogP contribution is 2.60. The van der Waals surface area contributed by atoms with Crippen LogP contribution in [0.3, 0.4) is 0 Å². The van der Waals surface area contributed by atoms with Gasteiger partial charge in [0.15, 0.2) is 0 Å². The first-order valence-corrected chi connectivity index (χ1v) is 10.1. The minimum atomic E-state index is -0.960. The molecule has 4 aliphatic carbocycles. The van der Waals surface area contributed by atoms with Crippen LogP contribution < -0.4 is 5.32 Å². The van der Waals surface area contributed by atoms with Crippen LogP contribution in [0.25, 0.3) is 10.9 Å². The van der Waals surface area contributed by atoms with E-state index in [9.17, 15) is 14.7 Å². The Morgan fingerprint density at radius 3 is 2.37 bits per heavy atom. The van der Waals surface area contributed by atoms with E-state index in [4.69, 9.17) is 0 Å². The van der Waals surface area contributed by atoms with Crippen molar-refractivity contribution < 1.29 is 14.7 Å². The van der Waals surface area contributed by atoms with Gasteiger partial charge in [0.2, 0.25) is 5.91 Å². The third kappa shape index (κ3) is 2.84. The van der Waals surface area contributed by atoms with Gasteiger partial charge >= 0.3 is 5.97 Å². The molecule has 5 heteroatoms. The van der Waals surface area contributed by atoms with Gasteiger partial charge in [0.25, 0.3) is 0 Å². The summed E-state index contributed by atoms with van der Waals surface area (Å²) in [5.74, 6) is 1.02. The first kappa shape index (κ1) is 16.8. The maximum Gasteiger partial charge on any atom is 0.326 e. The normalized spacial score (nSPS) is 32.5. The molecule has 2 aromatic rings. The van der Waals surface area contributed by atoms with Crippen molar-refractivity contribution >= 4 is 22.8 Å². The van der Waals surface area contributed by atoms with E-state index in [0.29, 0.717) is 24.2 Å². The van der Waals surface area contributed by atoms with E-state index in [2.05, 4.69) is 10.3 Å². The van der Waals surface area contributed by atoms with Crippen molar-refractivity contribution in [3.8, 4) is 0 Å². The lowest BCUT2D eigenvalue weighted by Gasteiger charge is -2.55. The predicted molar refractivity (Wildman–Crippen MR) is 102 cm³/mol. The Labute approximate surface area is 158 Å². The van der Waals surface area contributed by atoms with E-state index in [1.165, 1.54) is 19.3 Å². The van der Waals surface area contributed by atoms with Crippen LogP contribution in [0.1, 0.15) is 44.1 Å². The largest absolute Gasteiger partial charge is 0.480 e. The molecule has 3 N–H and O–H groups in total. The van der Waals surface area contributed by atoms with Crippen LogP contribution in [-0.4, -0.2) is 28.0 Å². The highest BCUT2D eigenvalue weighted by Gasteiger charge is 2.54. The van der Waals surface area contributed by atoms with Gasteiger partial charge < -0.3 is 15.4 Å². The van der Waals surface area contributed by atoms with Gasteiger partial charge in [-0.05, 0) is 67.9 Å². The molecule has 27 heavy (non-hydrogen) atoms.